The Kier molecular flexibility index (Phi) is 5.25. The van der Waals surface area contributed by atoms with Crippen molar-refractivity contribution in [1.82, 2.24) is 0 Å². The third-order valence-corrected chi connectivity index (χ3v) is 3.40. The monoisotopic (exact) mass is 308 g/mol. The van der Waals surface area contributed by atoms with Crippen LogP contribution in [0.1, 0.15) is 17.3 Å². The first-order valence-corrected chi connectivity index (χ1v) is 7.03. The molecule has 0 fully saturated rings. The zero-order valence-corrected chi connectivity index (χ0v) is 12.4. The molecular weight excluding hydrogens is 292 g/mol. The molecule has 0 aliphatic heterocycles. The summed E-state index contributed by atoms with van der Waals surface area (Å²) in [5.41, 5.74) is 1.96. The van der Waals surface area contributed by atoms with E-state index >= 15 is 0 Å². The van der Waals surface area contributed by atoms with Crippen molar-refractivity contribution in [2.45, 2.75) is 6.92 Å². The van der Waals surface area contributed by atoms with Crippen LogP contribution in [-0.4, -0.2) is 30.7 Å². The number of nitrogens with zero attached hydrogens (tertiary/aromatic N) is 1. The van der Waals surface area contributed by atoms with Crippen molar-refractivity contribution >= 4 is 28.9 Å². The summed E-state index contributed by atoms with van der Waals surface area (Å²) in [4.78, 5) is 14.0. The molecule has 0 bridgehead atoms. The van der Waals surface area contributed by atoms with E-state index in [1.165, 1.54) is 12.3 Å². The average Bonchev–Trinajstić information content (AvgIpc) is 2.92. The van der Waals surface area contributed by atoms with Crippen molar-refractivity contribution in [2.75, 3.05) is 29.9 Å². The quantitative estimate of drug-likeness (QED) is 0.861. The SMILES string of the molecule is CCN(CCO)c1ccc(NC(=O)c2ccoc2Cl)cc1. The Labute approximate surface area is 128 Å². The van der Waals surface area contributed by atoms with Gasteiger partial charge < -0.3 is 19.7 Å². The van der Waals surface area contributed by atoms with E-state index in [4.69, 9.17) is 21.1 Å². The third-order valence-electron chi connectivity index (χ3n) is 3.10. The number of carbonyl (C=O) groups excluding carboxylic acids is 1. The molecule has 0 aliphatic rings. The van der Waals surface area contributed by atoms with Crippen LogP contribution in [0.5, 0.6) is 0 Å². The van der Waals surface area contributed by atoms with Gasteiger partial charge in [0, 0.05) is 24.5 Å². The van der Waals surface area contributed by atoms with E-state index in [-0.39, 0.29) is 17.7 Å². The number of halogens is 1. The van der Waals surface area contributed by atoms with Crippen LogP contribution in [0.3, 0.4) is 0 Å². The van der Waals surface area contributed by atoms with Gasteiger partial charge in [0.15, 0.2) is 0 Å². The molecule has 1 aromatic heterocycles. The van der Waals surface area contributed by atoms with Gasteiger partial charge in [-0.1, -0.05) is 0 Å². The Bertz CT molecular complexity index is 595. The number of likely N-dealkylation sites (N-methyl/N-ethyl adjacent to an activating group) is 1. The highest BCUT2D eigenvalue weighted by molar-refractivity contribution is 6.32. The summed E-state index contributed by atoms with van der Waals surface area (Å²) in [7, 11) is 0. The van der Waals surface area contributed by atoms with Crippen LogP contribution >= 0.6 is 11.6 Å². The fourth-order valence-corrected chi connectivity index (χ4v) is 2.20. The average molecular weight is 309 g/mol. The summed E-state index contributed by atoms with van der Waals surface area (Å²) in [6, 6.07) is 8.92. The molecule has 1 aromatic carbocycles. The first-order valence-electron chi connectivity index (χ1n) is 6.66. The Hall–Kier alpha value is -1.98. The summed E-state index contributed by atoms with van der Waals surface area (Å²) in [5.74, 6) is -0.316. The molecule has 21 heavy (non-hydrogen) atoms. The fourth-order valence-electron chi connectivity index (χ4n) is 2.00. The smallest absolute Gasteiger partial charge is 0.260 e. The summed E-state index contributed by atoms with van der Waals surface area (Å²) in [6.45, 7) is 3.50. The molecule has 0 unspecified atom stereocenters. The van der Waals surface area contributed by atoms with Crippen LogP contribution in [0, 0.1) is 0 Å². The second-order valence-corrected chi connectivity index (χ2v) is 4.76. The van der Waals surface area contributed by atoms with Gasteiger partial charge in [0.05, 0.1) is 18.4 Å². The number of amides is 1. The van der Waals surface area contributed by atoms with Crippen LogP contribution in [-0.2, 0) is 0 Å². The number of aliphatic hydroxyl groups excluding tert-OH is 1. The highest BCUT2D eigenvalue weighted by Gasteiger charge is 2.13. The molecule has 0 spiro atoms. The molecule has 6 heteroatoms. The van der Waals surface area contributed by atoms with Crippen molar-refractivity contribution in [3.05, 3.63) is 47.4 Å². The number of benzene rings is 1. The van der Waals surface area contributed by atoms with E-state index in [1.807, 2.05) is 24.0 Å². The molecule has 0 saturated heterocycles. The number of furan rings is 1. The van der Waals surface area contributed by atoms with E-state index in [1.54, 1.807) is 12.1 Å². The van der Waals surface area contributed by atoms with Gasteiger partial charge in [-0.3, -0.25) is 4.79 Å². The van der Waals surface area contributed by atoms with Crippen molar-refractivity contribution in [3.8, 4) is 0 Å². The molecule has 1 amide bonds. The molecule has 0 saturated carbocycles. The number of aliphatic hydroxyl groups is 1. The molecule has 5 nitrogen and oxygen atoms in total. The molecule has 0 radical (unpaired) electrons. The Balaban J connectivity index is 2.06. The zero-order chi connectivity index (χ0) is 15.2. The van der Waals surface area contributed by atoms with Gasteiger partial charge in [-0.25, -0.2) is 0 Å². The van der Waals surface area contributed by atoms with Crippen molar-refractivity contribution in [1.29, 1.82) is 0 Å². The molecular formula is C15H17ClN2O3. The van der Waals surface area contributed by atoms with Gasteiger partial charge in [-0.15, -0.1) is 0 Å². The van der Waals surface area contributed by atoms with E-state index in [2.05, 4.69) is 5.32 Å². The maximum atomic E-state index is 12.0. The van der Waals surface area contributed by atoms with Gasteiger partial charge >= 0.3 is 0 Å². The van der Waals surface area contributed by atoms with E-state index in [9.17, 15) is 4.79 Å². The Morgan fingerprint density at radius 3 is 2.57 bits per heavy atom. The number of nitrogens with one attached hydrogen (secondary N) is 1. The van der Waals surface area contributed by atoms with Crippen LogP contribution in [0.15, 0.2) is 41.0 Å². The summed E-state index contributed by atoms with van der Waals surface area (Å²) in [6.07, 6.45) is 1.37. The lowest BCUT2D eigenvalue weighted by atomic mass is 10.2. The topological polar surface area (TPSA) is 65.7 Å². The summed E-state index contributed by atoms with van der Waals surface area (Å²) in [5, 5.41) is 11.8. The maximum Gasteiger partial charge on any atom is 0.260 e. The Morgan fingerprint density at radius 2 is 2.05 bits per heavy atom. The minimum Gasteiger partial charge on any atom is -0.452 e. The minimum atomic E-state index is -0.316. The maximum absolute atomic E-state index is 12.0. The van der Waals surface area contributed by atoms with Crippen LogP contribution in [0.2, 0.25) is 5.22 Å². The predicted octanol–water partition coefficient (Wildman–Crippen LogP) is 3.00. The second kappa shape index (κ2) is 7.15. The highest BCUT2D eigenvalue weighted by atomic mass is 35.5. The highest BCUT2D eigenvalue weighted by Crippen LogP contribution is 2.21. The van der Waals surface area contributed by atoms with Crippen LogP contribution in [0.25, 0.3) is 0 Å². The summed E-state index contributed by atoms with van der Waals surface area (Å²) < 4.78 is 4.89. The van der Waals surface area contributed by atoms with E-state index < -0.39 is 0 Å². The molecule has 112 valence electrons. The zero-order valence-electron chi connectivity index (χ0n) is 11.7. The second-order valence-electron chi connectivity index (χ2n) is 4.41. The normalized spacial score (nSPS) is 10.4. The predicted molar refractivity (Wildman–Crippen MR) is 83.1 cm³/mol. The first-order chi connectivity index (χ1) is 10.2. The van der Waals surface area contributed by atoms with Crippen molar-refractivity contribution < 1.29 is 14.3 Å². The van der Waals surface area contributed by atoms with E-state index in [0.717, 1.165) is 12.2 Å². The Morgan fingerprint density at radius 1 is 1.33 bits per heavy atom. The molecule has 2 rings (SSSR count). The standard InChI is InChI=1S/C15H17ClN2O3/c1-2-18(8-9-19)12-5-3-11(4-6-12)17-15(20)13-7-10-21-14(13)16/h3-7,10,19H,2,8-9H2,1H3,(H,17,20). The number of carbonyl (C=O) groups is 1. The fraction of sp³-hybridized carbons (Fsp3) is 0.267. The van der Waals surface area contributed by atoms with Gasteiger partial charge in [-0.2, -0.15) is 0 Å². The molecule has 0 atom stereocenters. The first kappa shape index (κ1) is 15.4. The number of hydrogen-bond donors (Lipinski definition) is 2. The third kappa shape index (κ3) is 3.77. The van der Waals surface area contributed by atoms with Gasteiger partial charge in [0.25, 0.3) is 5.91 Å². The van der Waals surface area contributed by atoms with Gasteiger partial charge in [0.2, 0.25) is 5.22 Å². The lowest BCUT2D eigenvalue weighted by Crippen LogP contribution is -2.26. The van der Waals surface area contributed by atoms with Crippen LogP contribution in [0.4, 0.5) is 11.4 Å². The van der Waals surface area contributed by atoms with Crippen molar-refractivity contribution in [3.63, 3.8) is 0 Å². The number of hydrogen-bond acceptors (Lipinski definition) is 4. The van der Waals surface area contributed by atoms with E-state index in [0.29, 0.717) is 17.8 Å². The number of rotatable bonds is 6. The van der Waals surface area contributed by atoms with Crippen molar-refractivity contribution in [2.24, 2.45) is 0 Å². The largest absolute Gasteiger partial charge is 0.452 e. The molecule has 2 aromatic rings. The molecule has 0 aliphatic carbocycles. The molecule has 1 heterocycles. The lowest BCUT2D eigenvalue weighted by Gasteiger charge is -2.22. The van der Waals surface area contributed by atoms with Crippen LogP contribution < -0.4 is 10.2 Å². The number of anilines is 2. The molecule has 2 N–H and O–H groups in total. The lowest BCUT2D eigenvalue weighted by molar-refractivity contribution is 0.102. The van der Waals surface area contributed by atoms with Gasteiger partial charge in [0.1, 0.15) is 0 Å². The minimum absolute atomic E-state index is 0.0734. The van der Waals surface area contributed by atoms with Gasteiger partial charge in [-0.05, 0) is 48.9 Å². The summed E-state index contributed by atoms with van der Waals surface area (Å²) >= 11 is 5.76.